The number of hydrogen-bond acceptors (Lipinski definition) is 4. The van der Waals surface area contributed by atoms with E-state index in [1.807, 2.05) is 12.3 Å². The van der Waals surface area contributed by atoms with Gasteiger partial charge in [0.1, 0.15) is 5.82 Å². The quantitative estimate of drug-likeness (QED) is 0.721. The number of nitrogens with two attached hydrogens (primary N) is 1. The van der Waals surface area contributed by atoms with Crippen LogP contribution in [-0.2, 0) is 17.8 Å². The van der Waals surface area contributed by atoms with E-state index in [9.17, 15) is 4.79 Å². The van der Waals surface area contributed by atoms with Crippen LogP contribution in [0.5, 0.6) is 0 Å². The zero-order valence-corrected chi connectivity index (χ0v) is 10.6. The number of aromatic amines is 1. The van der Waals surface area contributed by atoms with E-state index < -0.39 is 0 Å². The Labute approximate surface area is 111 Å². The lowest BCUT2D eigenvalue weighted by atomic mass is 10.1. The van der Waals surface area contributed by atoms with Gasteiger partial charge in [-0.2, -0.15) is 5.10 Å². The molecule has 0 saturated carbocycles. The molecule has 6 heteroatoms. The third kappa shape index (κ3) is 4.09. The van der Waals surface area contributed by atoms with Gasteiger partial charge in [0.2, 0.25) is 5.91 Å². The number of hydrogen-bond donors (Lipinski definition) is 3. The molecule has 0 spiro atoms. The van der Waals surface area contributed by atoms with Gasteiger partial charge in [0.05, 0.1) is 6.20 Å². The molecule has 0 bridgehead atoms. The largest absolute Gasteiger partial charge is 0.383 e. The van der Waals surface area contributed by atoms with Crippen LogP contribution in [0.2, 0.25) is 0 Å². The summed E-state index contributed by atoms with van der Waals surface area (Å²) in [6.07, 6.45) is 7.38. The number of aromatic nitrogens is 3. The molecule has 0 unspecified atom stereocenters. The van der Waals surface area contributed by atoms with Crippen molar-refractivity contribution < 1.29 is 4.79 Å². The molecule has 0 radical (unpaired) electrons. The molecule has 2 aromatic heterocycles. The van der Waals surface area contributed by atoms with Crippen LogP contribution < -0.4 is 11.1 Å². The Balaban J connectivity index is 1.69. The zero-order valence-electron chi connectivity index (χ0n) is 10.6. The SMILES string of the molecule is Nc1ncccc1CNC(=O)CCCc1cn[nH]c1. The number of carbonyl (C=O) groups is 1. The fourth-order valence-electron chi connectivity index (χ4n) is 1.75. The third-order valence-corrected chi connectivity index (χ3v) is 2.83. The minimum atomic E-state index is 0.0201. The molecule has 1 amide bonds. The smallest absolute Gasteiger partial charge is 0.220 e. The fraction of sp³-hybridized carbons (Fsp3) is 0.308. The zero-order chi connectivity index (χ0) is 13.5. The monoisotopic (exact) mass is 259 g/mol. The molecule has 100 valence electrons. The number of nitrogens with one attached hydrogen (secondary N) is 2. The molecule has 0 fully saturated rings. The minimum absolute atomic E-state index is 0.0201. The lowest BCUT2D eigenvalue weighted by molar-refractivity contribution is -0.121. The Morgan fingerprint density at radius 3 is 3.11 bits per heavy atom. The number of rotatable bonds is 6. The van der Waals surface area contributed by atoms with E-state index in [1.165, 1.54) is 0 Å². The summed E-state index contributed by atoms with van der Waals surface area (Å²) in [5.74, 6) is 0.480. The summed E-state index contributed by atoms with van der Waals surface area (Å²) in [5, 5.41) is 9.45. The number of amides is 1. The number of aryl methyl sites for hydroxylation is 1. The number of H-pyrrole nitrogens is 1. The van der Waals surface area contributed by atoms with Crippen molar-refractivity contribution in [3.05, 3.63) is 41.9 Å². The molecule has 2 rings (SSSR count). The van der Waals surface area contributed by atoms with Crippen molar-refractivity contribution in [1.29, 1.82) is 0 Å². The van der Waals surface area contributed by atoms with Crippen LogP contribution in [0.3, 0.4) is 0 Å². The van der Waals surface area contributed by atoms with Gasteiger partial charge in [-0.05, 0) is 24.5 Å². The normalized spacial score (nSPS) is 10.3. The lowest BCUT2D eigenvalue weighted by Crippen LogP contribution is -2.23. The molecule has 19 heavy (non-hydrogen) atoms. The van der Waals surface area contributed by atoms with Crippen molar-refractivity contribution in [3.63, 3.8) is 0 Å². The predicted octanol–water partition coefficient (Wildman–Crippen LogP) is 1.03. The van der Waals surface area contributed by atoms with Crippen LogP contribution in [0.4, 0.5) is 5.82 Å². The van der Waals surface area contributed by atoms with Gasteiger partial charge in [0.15, 0.2) is 0 Å². The number of carbonyl (C=O) groups excluding carboxylic acids is 1. The first-order valence-corrected chi connectivity index (χ1v) is 6.19. The van der Waals surface area contributed by atoms with Crippen molar-refractivity contribution in [3.8, 4) is 0 Å². The van der Waals surface area contributed by atoms with E-state index in [0.29, 0.717) is 18.8 Å². The molecular weight excluding hydrogens is 242 g/mol. The lowest BCUT2D eigenvalue weighted by Gasteiger charge is -2.06. The van der Waals surface area contributed by atoms with Crippen LogP contribution in [0.25, 0.3) is 0 Å². The summed E-state index contributed by atoms with van der Waals surface area (Å²) >= 11 is 0. The van der Waals surface area contributed by atoms with E-state index in [4.69, 9.17) is 5.73 Å². The van der Waals surface area contributed by atoms with Crippen molar-refractivity contribution in [1.82, 2.24) is 20.5 Å². The summed E-state index contributed by atoms with van der Waals surface area (Å²) in [7, 11) is 0. The van der Waals surface area contributed by atoms with Gasteiger partial charge >= 0.3 is 0 Å². The van der Waals surface area contributed by atoms with Gasteiger partial charge in [0.25, 0.3) is 0 Å². The maximum absolute atomic E-state index is 11.7. The average Bonchev–Trinajstić information content (AvgIpc) is 2.91. The molecule has 2 aromatic rings. The van der Waals surface area contributed by atoms with Gasteiger partial charge < -0.3 is 11.1 Å². The van der Waals surface area contributed by atoms with E-state index in [2.05, 4.69) is 20.5 Å². The predicted molar refractivity (Wildman–Crippen MR) is 72.0 cm³/mol. The Hall–Kier alpha value is -2.37. The van der Waals surface area contributed by atoms with Crippen molar-refractivity contribution >= 4 is 11.7 Å². The number of anilines is 1. The molecule has 0 aliphatic rings. The first-order valence-electron chi connectivity index (χ1n) is 6.19. The fourth-order valence-corrected chi connectivity index (χ4v) is 1.75. The van der Waals surface area contributed by atoms with Gasteiger partial charge in [-0.3, -0.25) is 9.89 Å². The Kier molecular flexibility index (Phi) is 4.49. The second-order valence-electron chi connectivity index (χ2n) is 4.28. The van der Waals surface area contributed by atoms with Gasteiger partial charge in [-0.1, -0.05) is 6.07 Å². The summed E-state index contributed by atoms with van der Waals surface area (Å²) in [4.78, 5) is 15.6. The van der Waals surface area contributed by atoms with Crippen LogP contribution in [-0.4, -0.2) is 21.1 Å². The van der Waals surface area contributed by atoms with E-state index in [1.54, 1.807) is 18.5 Å². The number of pyridine rings is 1. The Morgan fingerprint density at radius 1 is 1.47 bits per heavy atom. The molecule has 0 aromatic carbocycles. The molecule has 0 aliphatic heterocycles. The molecular formula is C13H17N5O. The topological polar surface area (TPSA) is 96.7 Å². The Bertz CT molecular complexity index is 524. The summed E-state index contributed by atoms with van der Waals surface area (Å²) in [5.41, 5.74) is 7.65. The van der Waals surface area contributed by atoms with Gasteiger partial charge in [-0.25, -0.2) is 4.98 Å². The first-order chi connectivity index (χ1) is 9.25. The molecule has 0 aliphatic carbocycles. The van der Waals surface area contributed by atoms with Crippen LogP contribution >= 0.6 is 0 Å². The van der Waals surface area contributed by atoms with E-state index in [0.717, 1.165) is 24.0 Å². The highest BCUT2D eigenvalue weighted by Gasteiger charge is 2.04. The average molecular weight is 259 g/mol. The van der Waals surface area contributed by atoms with Crippen molar-refractivity contribution in [2.45, 2.75) is 25.8 Å². The molecule has 0 atom stereocenters. The maximum Gasteiger partial charge on any atom is 0.220 e. The van der Waals surface area contributed by atoms with Crippen LogP contribution in [0, 0.1) is 0 Å². The van der Waals surface area contributed by atoms with Gasteiger partial charge in [0, 0.05) is 30.9 Å². The molecule has 0 saturated heterocycles. The minimum Gasteiger partial charge on any atom is -0.383 e. The van der Waals surface area contributed by atoms with Gasteiger partial charge in [-0.15, -0.1) is 0 Å². The molecule has 4 N–H and O–H groups in total. The first kappa shape index (κ1) is 13.1. The summed E-state index contributed by atoms with van der Waals surface area (Å²) < 4.78 is 0. The molecule has 6 nitrogen and oxygen atoms in total. The Morgan fingerprint density at radius 2 is 2.37 bits per heavy atom. The van der Waals surface area contributed by atoms with Crippen molar-refractivity contribution in [2.75, 3.05) is 5.73 Å². The highest BCUT2D eigenvalue weighted by atomic mass is 16.1. The number of nitrogens with zero attached hydrogens (tertiary/aromatic N) is 2. The van der Waals surface area contributed by atoms with E-state index >= 15 is 0 Å². The standard InChI is InChI=1S/C13H17N5O/c14-13-11(4-2-6-15-13)9-16-12(19)5-1-3-10-7-17-18-8-10/h2,4,6-8H,1,3,5,9H2,(H2,14,15)(H,16,19)(H,17,18). The third-order valence-electron chi connectivity index (χ3n) is 2.83. The highest BCUT2D eigenvalue weighted by Crippen LogP contribution is 2.06. The summed E-state index contributed by atoms with van der Waals surface area (Å²) in [6.45, 7) is 0.421. The van der Waals surface area contributed by atoms with Crippen molar-refractivity contribution in [2.24, 2.45) is 0 Å². The summed E-state index contributed by atoms with van der Waals surface area (Å²) in [6, 6.07) is 3.66. The second-order valence-corrected chi connectivity index (χ2v) is 4.28. The van der Waals surface area contributed by atoms with Crippen LogP contribution in [0.1, 0.15) is 24.0 Å². The second kappa shape index (κ2) is 6.53. The molecule has 2 heterocycles. The maximum atomic E-state index is 11.7. The van der Waals surface area contributed by atoms with E-state index in [-0.39, 0.29) is 5.91 Å². The van der Waals surface area contributed by atoms with Crippen LogP contribution in [0.15, 0.2) is 30.7 Å². The number of nitrogen functional groups attached to an aromatic ring is 1. The highest BCUT2D eigenvalue weighted by molar-refractivity contribution is 5.76.